The van der Waals surface area contributed by atoms with Crippen molar-refractivity contribution in [1.29, 1.82) is 0 Å². The Kier molecular flexibility index (Phi) is 4.31. The van der Waals surface area contributed by atoms with E-state index in [0.29, 0.717) is 24.3 Å². The van der Waals surface area contributed by atoms with Crippen LogP contribution < -0.4 is 16.4 Å². The van der Waals surface area contributed by atoms with E-state index in [0.717, 1.165) is 12.8 Å². The minimum atomic E-state index is -0.379. The highest BCUT2D eigenvalue weighted by Crippen LogP contribution is 2.28. The van der Waals surface area contributed by atoms with E-state index >= 15 is 0 Å². The van der Waals surface area contributed by atoms with Crippen LogP contribution in [0.2, 0.25) is 0 Å². The highest BCUT2D eigenvalue weighted by atomic mass is 32.1. The standard InChI is InChI=1S/C13H16FN3OS/c14-9-3-4-11(10(7-9)12(15)19)16-5-6-17-13(18)8-1-2-8/h3-4,7-8,16H,1-2,5-6H2,(H2,15,19)(H,17,18). The molecule has 0 radical (unpaired) electrons. The molecule has 0 aliphatic heterocycles. The van der Waals surface area contributed by atoms with Gasteiger partial charge in [0.2, 0.25) is 5.91 Å². The number of carbonyl (C=O) groups is 1. The molecule has 1 aromatic rings. The summed E-state index contributed by atoms with van der Waals surface area (Å²) in [7, 11) is 0. The molecular formula is C13H16FN3OS. The van der Waals surface area contributed by atoms with Gasteiger partial charge in [-0.2, -0.15) is 0 Å². The SMILES string of the molecule is NC(=S)c1cc(F)ccc1NCCNC(=O)C1CC1. The second-order valence-electron chi connectivity index (χ2n) is 4.55. The zero-order valence-electron chi connectivity index (χ0n) is 10.4. The van der Waals surface area contributed by atoms with E-state index < -0.39 is 0 Å². The van der Waals surface area contributed by atoms with Gasteiger partial charge in [0.15, 0.2) is 0 Å². The average Bonchev–Trinajstić information content (AvgIpc) is 3.19. The fraction of sp³-hybridized carbons (Fsp3) is 0.385. The van der Waals surface area contributed by atoms with Crippen molar-refractivity contribution < 1.29 is 9.18 Å². The molecule has 0 spiro atoms. The number of benzene rings is 1. The van der Waals surface area contributed by atoms with E-state index in [1.807, 2.05) is 0 Å². The number of nitrogens with one attached hydrogen (secondary N) is 2. The van der Waals surface area contributed by atoms with Gasteiger partial charge in [-0.15, -0.1) is 0 Å². The Labute approximate surface area is 116 Å². The maximum absolute atomic E-state index is 13.1. The quantitative estimate of drug-likeness (QED) is 0.544. The molecule has 6 heteroatoms. The first-order valence-corrected chi connectivity index (χ1v) is 6.59. The van der Waals surface area contributed by atoms with Crippen molar-refractivity contribution in [3.63, 3.8) is 0 Å². The first-order valence-electron chi connectivity index (χ1n) is 6.19. The smallest absolute Gasteiger partial charge is 0.223 e. The van der Waals surface area contributed by atoms with Gasteiger partial charge in [0.1, 0.15) is 10.8 Å². The molecule has 0 bridgehead atoms. The lowest BCUT2D eigenvalue weighted by Crippen LogP contribution is -2.30. The summed E-state index contributed by atoms with van der Waals surface area (Å²) in [6.45, 7) is 1.06. The van der Waals surface area contributed by atoms with Gasteiger partial charge in [-0.3, -0.25) is 4.79 Å². The number of thiocarbonyl (C=S) groups is 1. The molecule has 1 fully saturated rings. The number of rotatable bonds is 6. The molecule has 19 heavy (non-hydrogen) atoms. The van der Waals surface area contributed by atoms with Crippen LogP contribution in [0.15, 0.2) is 18.2 Å². The molecule has 0 heterocycles. The molecule has 0 saturated heterocycles. The third-order valence-electron chi connectivity index (χ3n) is 2.93. The summed E-state index contributed by atoms with van der Waals surface area (Å²) in [5.74, 6) is -0.0659. The average molecular weight is 281 g/mol. The van der Waals surface area contributed by atoms with E-state index in [-0.39, 0.29) is 22.6 Å². The molecule has 4 nitrogen and oxygen atoms in total. The van der Waals surface area contributed by atoms with Crippen LogP contribution in [-0.4, -0.2) is 24.0 Å². The van der Waals surface area contributed by atoms with Crippen molar-refractivity contribution in [2.45, 2.75) is 12.8 Å². The summed E-state index contributed by atoms with van der Waals surface area (Å²) in [6, 6.07) is 4.23. The molecular weight excluding hydrogens is 265 g/mol. The first kappa shape index (κ1) is 13.7. The van der Waals surface area contributed by atoms with E-state index in [1.165, 1.54) is 12.1 Å². The number of halogens is 1. The molecule has 0 aromatic heterocycles. The van der Waals surface area contributed by atoms with Crippen LogP contribution in [0.1, 0.15) is 18.4 Å². The molecule has 4 N–H and O–H groups in total. The predicted octanol–water partition coefficient (Wildman–Crippen LogP) is 1.40. The monoisotopic (exact) mass is 281 g/mol. The third kappa shape index (κ3) is 3.89. The van der Waals surface area contributed by atoms with Gasteiger partial charge in [0, 0.05) is 30.3 Å². The lowest BCUT2D eigenvalue weighted by Gasteiger charge is -2.11. The number of carbonyl (C=O) groups excluding carboxylic acids is 1. The van der Waals surface area contributed by atoms with E-state index in [4.69, 9.17) is 18.0 Å². The second kappa shape index (κ2) is 5.97. The molecule has 1 aromatic carbocycles. The molecule has 1 aliphatic rings. The molecule has 102 valence electrons. The van der Waals surface area contributed by atoms with Gasteiger partial charge in [0.05, 0.1) is 0 Å². The maximum Gasteiger partial charge on any atom is 0.223 e. The van der Waals surface area contributed by atoms with Crippen molar-refractivity contribution in [3.05, 3.63) is 29.6 Å². The van der Waals surface area contributed by atoms with E-state index in [1.54, 1.807) is 6.07 Å². The van der Waals surface area contributed by atoms with E-state index in [9.17, 15) is 9.18 Å². The van der Waals surface area contributed by atoms with Gasteiger partial charge in [-0.1, -0.05) is 12.2 Å². The van der Waals surface area contributed by atoms with Gasteiger partial charge in [-0.25, -0.2) is 4.39 Å². The van der Waals surface area contributed by atoms with Crippen LogP contribution in [-0.2, 0) is 4.79 Å². The van der Waals surface area contributed by atoms with Crippen LogP contribution in [0.25, 0.3) is 0 Å². The third-order valence-corrected chi connectivity index (χ3v) is 3.15. The van der Waals surface area contributed by atoms with Crippen molar-refractivity contribution in [3.8, 4) is 0 Å². The Morgan fingerprint density at radius 1 is 1.42 bits per heavy atom. The highest BCUT2D eigenvalue weighted by molar-refractivity contribution is 7.80. The predicted molar refractivity (Wildman–Crippen MR) is 76.5 cm³/mol. The van der Waals surface area contributed by atoms with Gasteiger partial charge >= 0.3 is 0 Å². The maximum atomic E-state index is 13.1. The van der Waals surface area contributed by atoms with Crippen LogP contribution in [0.5, 0.6) is 0 Å². The van der Waals surface area contributed by atoms with Gasteiger partial charge < -0.3 is 16.4 Å². The molecule has 1 amide bonds. The van der Waals surface area contributed by atoms with Crippen molar-refractivity contribution in [2.75, 3.05) is 18.4 Å². The molecule has 1 aliphatic carbocycles. The Morgan fingerprint density at radius 2 is 2.16 bits per heavy atom. The summed E-state index contributed by atoms with van der Waals surface area (Å²) >= 11 is 4.87. The Morgan fingerprint density at radius 3 is 2.79 bits per heavy atom. The molecule has 0 atom stereocenters. The van der Waals surface area contributed by atoms with Gasteiger partial charge in [-0.05, 0) is 31.0 Å². The number of nitrogens with two attached hydrogens (primary N) is 1. The summed E-state index contributed by atoms with van der Waals surface area (Å²) in [5, 5.41) is 5.92. The summed E-state index contributed by atoms with van der Waals surface area (Å²) < 4.78 is 13.1. The van der Waals surface area contributed by atoms with Crippen molar-refractivity contribution in [1.82, 2.24) is 5.32 Å². The zero-order chi connectivity index (χ0) is 13.8. The Hall–Kier alpha value is -1.69. The number of amides is 1. The zero-order valence-corrected chi connectivity index (χ0v) is 11.2. The van der Waals surface area contributed by atoms with Gasteiger partial charge in [0.25, 0.3) is 0 Å². The largest absolute Gasteiger partial charge is 0.389 e. The molecule has 2 rings (SSSR count). The number of anilines is 1. The van der Waals surface area contributed by atoms with E-state index in [2.05, 4.69) is 10.6 Å². The number of hydrogen-bond acceptors (Lipinski definition) is 3. The summed E-state index contributed by atoms with van der Waals surface area (Å²) in [4.78, 5) is 11.5. The summed E-state index contributed by atoms with van der Waals surface area (Å²) in [5.41, 5.74) is 6.69. The molecule has 1 saturated carbocycles. The minimum Gasteiger partial charge on any atom is -0.389 e. The fourth-order valence-electron chi connectivity index (χ4n) is 1.75. The second-order valence-corrected chi connectivity index (χ2v) is 4.99. The van der Waals surface area contributed by atoms with Crippen LogP contribution >= 0.6 is 12.2 Å². The lowest BCUT2D eigenvalue weighted by atomic mass is 10.1. The molecule has 0 unspecified atom stereocenters. The van der Waals surface area contributed by atoms with Crippen LogP contribution in [0.4, 0.5) is 10.1 Å². The van der Waals surface area contributed by atoms with Crippen molar-refractivity contribution >= 4 is 28.8 Å². The number of hydrogen-bond donors (Lipinski definition) is 3. The summed E-state index contributed by atoms with van der Waals surface area (Å²) in [6.07, 6.45) is 1.98. The Bertz CT molecular complexity index is 503. The van der Waals surface area contributed by atoms with Crippen molar-refractivity contribution in [2.24, 2.45) is 11.7 Å². The first-order chi connectivity index (χ1) is 9.08. The lowest BCUT2D eigenvalue weighted by molar-refractivity contribution is -0.122. The highest BCUT2D eigenvalue weighted by Gasteiger charge is 2.28. The normalized spacial score (nSPS) is 13.9. The topological polar surface area (TPSA) is 67.2 Å². The Balaban J connectivity index is 1.84. The fourth-order valence-corrected chi connectivity index (χ4v) is 1.92. The van der Waals surface area contributed by atoms with Crippen LogP contribution in [0, 0.1) is 11.7 Å². The minimum absolute atomic E-state index is 0.107. The van der Waals surface area contributed by atoms with Crippen LogP contribution in [0.3, 0.4) is 0 Å².